The van der Waals surface area contributed by atoms with Gasteiger partial charge >= 0.3 is 0 Å². The molecule has 1 aromatic heterocycles. The number of aromatic nitrogens is 2. The molecule has 1 heterocycles. The lowest BCUT2D eigenvalue weighted by Gasteiger charge is -2.21. The number of hydrogen-bond acceptors (Lipinski definition) is 3. The van der Waals surface area contributed by atoms with E-state index in [2.05, 4.69) is 53.1 Å². The van der Waals surface area contributed by atoms with E-state index in [1.807, 2.05) is 12.2 Å². The van der Waals surface area contributed by atoms with Crippen molar-refractivity contribution in [2.75, 3.05) is 18.0 Å². The van der Waals surface area contributed by atoms with Gasteiger partial charge in [0.05, 0.1) is 5.52 Å². The largest absolute Gasteiger partial charge is 0.349 e. The Balaban J connectivity index is 2.56. The third kappa shape index (κ3) is 2.81. The van der Waals surface area contributed by atoms with Crippen LogP contribution in [-0.2, 0) is 6.42 Å². The Hall–Kier alpha value is -2.16. The van der Waals surface area contributed by atoms with Crippen molar-refractivity contribution < 1.29 is 0 Å². The van der Waals surface area contributed by atoms with Crippen molar-refractivity contribution in [3.8, 4) is 0 Å². The number of benzene rings is 1. The van der Waals surface area contributed by atoms with Crippen molar-refractivity contribution in [2.24, 2.45) is 0 Å². The van der Waals surface area contributed by atoms with Crippen LogP contribution in [0.25, 0.3) is 10.9 Å². The molecule has 3 nitrogen and oxygen atoms in total. The van der Waals surface area contributed by atoms with E-state index in [0.29, 0.717) is 0 Å². The molecule has 0 fully saturated rings. The topological polar surface area (TPSA) is 29.0 Å². The number of aryl methyl sites for hydroxylation is 1. The van der Waals surface area contributed by atoms with Gasteiger partial charge in [0.25, 0.3) is 0 Å². The summed E-state index contributed by atoms with van der Waals surface area (Å²) in [6.07, 6.45) is 6.37. The van der Waals surface area contributed by atoms with E-state index in [-0.39, 0.29) is 0 Å². The molecule has 0 saturated carbocycles. The zero-order chi connectivity index (χ0) is 13.7. The molecule has 0 saturated heterocycles. The molecule has 2 rings (SSSR count). The molecule has 2 aromatic rings. The summed E-state index contributed by atoms with van der Waals surface area (Å²) in [5.74, 6) is 0.945. The van der Waals surface area contributed by atoms with Crippen molar-refractivity contribution in [3.63, 3.8) is 0 Å². The molecule has 0 aliphatic heterocycles. The van der Waals surface area contributed by atoms with Gasteiger partial charge in [0.2, 0.25) is 0 Å². The van der Waals surface area contributed by atoms with E-state index in [0.717, 1.165) is 36.2 Å². The van der Waals surface area contributed by atoms with E-state index in [4.69, 9.17) is 0 Å². The summed E-state index contributed by atoms with van der Waals surface area (Å²) >= 11 is 0. The van der Waals surface area contributed by atoms with E-state index in [1.165, 1.54) is 5.56 Å². The summed E-state index contributed by atoms with van der Waals surface area (Å²) in [6.45, 7) is 11.2. The summed E-state index contributed by atoms with van der Waals surface area (Å²) < 4.78 is 0. The first-order valence-electron chi connectivity index (χ1n) is 6.50. The van der Waals surface area contributed by atoms with Crippen molar-refractivity contribution >= 4 is 16.7 Å². The lowest BCUT2D eigenvalue weighted by atomic mass is 10.1. The zero-order valence-electron chi connectivity index (χ0n) is 11.3. The number of rotatable bonds is 6. The van der Waals surface area contributed by atoms with Gasteiger partial charge in [-0.2, -0.15) is 0 Å². The Kier molecular flexibility index (Phi) is 4.29. The van der Waals surface area contributed by atoms with Crippen LogP contribution in [0.3, 0.4) is 0 Å². The Bertz CT molecular complexity index is 580. The normalized spacial score (nSPS) is 10.4. The molecule has 0 N–H and O–H groups in total. The maximum Gasteiger partial charge on any atom is 0.140 e. The van der Waals surface area contributed by atoms with Gasteiger partial charge in [0.15, 0.2) is 0 Å². The van der Waals surface area contributed by atoms with Gasteiger partial charge < -0.3 is 4.90 Å². The maximum absolute atomic E-state index is 4.44. The minimum Gasteiger partial charge on any atom is -0.349 e. The predicted octanol–water partition coefficient (Wildman–Crippen LogP) is 3.37. The van der Waals surface area contributed by atoms with Crippen LogP contribution in [0.2, 0.25) is 0 Å². The van der Waals surface area contributed by atoms with Gasteiger partial charge in [-0.3, -0.25) is 0 Å². The summed E-state index contributed by atoms with van der Waals surface area (Å²) in [4.78, 5) is 10.9. The Labute approximate surface area is 114 Å². The van der Waals surface area contributed by atoms with Crippen molar-refractivity contribution in [1.82, 2.24) is 9.97 Å². The molecule has 0 amide bonds. The minimum absolute atomic E-state index is 0.745. The fraction of sp³-hybridized carbons (Fsp3) is 0.250. The summed E-state index contributed by atoms with van der Waals surface area (Å²) in [5, 5.41) is 1.09. The number of hydrogen-bond donors (Lipinski definition) is 0. The van der Waals surface area contributed by atoms with E-state index >= 15 is 0 Å². The molecule has 1 aromatic carbocycles. The lowest BCUT2D eigenvalue weighted by molar-refractivity contribution is 0.928. The third-order valence-corrected chi connectivity index (χ3v) is 3.09. The molecule has 19 heavy (non-hydrogen) atoms. The van der Waals surface area contributed by atoms with Crippen LogP contribution in [0.15, 0.2) is 49.8 Å². The number of nitrogens with zero attached hydrogens (tertiary/aromatic N) is 3. The van der Waals surface area contributed by atoms with Gasteiger partial charge in [-0.05, 0) is 24.1 Å². The average Bonchev–Trinajstić information content (AvgIpc) is 2.46. The molecule has 0 bridgehead atoms. The Morgan fingerprint density at radius 1 is 1.16 bits per heavy atom. The average molecular weight is 253 g/mol. The van der Waals surface area contributed by atoms with Gasteiger partial charge in [-0.1, -0.05) is 25.1 Å². The summed E-state index contributed by atoms with van der Waals surface area (Å²) in [5.41, 5.74) is 2.26. The van der Waals surface area contributed by atoms with E-state index < -0.39 is 0 Å². The molecule has 0 spiro atoms. The van der Waals surface area contributed by atoms with Crippen molar-refractivity contribution in [2.45, 2.75) is 13.3 Å². The smallest absolute Gasteiger partial charge is 0.140 e. The van der Waals surface area contributed by atoms with Gasteiger partial charge in [0, 0.05) is 18.5 Å². The van der Waals surface area contributed by atoms with Crippen molar-refractivity contribution in [1.29, 1.82) is 0 Å². The highest BCUT2D eigenvalue weighted by molar-refractivity contribution is 5.90. The third-order valence-electron chi connectivity index (χ3n) is 3.09. The van der Waals surface area contributed by atoms with Gasteiger partial charge in [-0.25, -0.2) is 9.97 Å². The first-order valence-corrected chi connectivity index (χ1v) is 6.50. The lowest BCUT2D eigenvalue weighted by Crippen LogP contribution is -2.24. The molecule has 98 valence electrons. The van der Waals surface area contributed by atoms with Crippen LogP contribution >= 0.6 is 0 Å². The first-order chi connectivity index (χ1) is 9.30. The van der Waals surface area contributed by atoms with Crippen LogP contribution in [0, 0.1) is 0 Å². The summed E-state index contributed by atoms with van der Waals surface area (Å²) in [7, 11) is 0. The van der Waals surface area contributed by atoms with Gasteiger partial charge in [0.1, 0.15) is 12.1 Å². The fourth-order valence-corrected chi connectivity index (χ4v) is 2.12. The first kappa shape index (κ1) is 13.3. The fourth-order valence-electron chi connectivity index (χ4n) is 2.12. The zero-order valence-corrected chi connectivity index (χ0v) is 11.3. The standard InChI is InChI=1S/C16H19N3/c1-4-9-19(10-5-2)16-14-11-13(6-3)7-8-15(14)17-12-18-16/h4-5,7-8,11-12H,1-2,6,9-10H2,3H3. The monoisotopic (exact) mass is 253 g/mol. The highest BCUT2D eigenvalue weighted by atomic mass is 15.2. The maximum atomic E-state index is 4.44. The molecule has 0 aliphatic rings. The molecule has 3 heteroatoms. The quantitative estimate of drug-likeness (QED) is 0.739. The van der Waals surface area contributed by atoms with Gasteiger partial charge in [-0.15, -0.1) is 13.2 Å². The second-order valence-electron chi connectivity index (χ2n) is 4.38. The highest BCUT2D eigenvalue weighted by Gasteiger charge is 2.10. The summed E-state index contributed by atoms with van der Waals surface area (Å²) in [6, 6.07) is 6.34. The molecule has 0 unspecified atom stereocenters. The molecule has 0 radical (unpaired) electrons. The number of fused-ring (bicyclic) bond motifs is 1. The van der Waals surface area contributed by atoms with Crippen LogP contribution < -0.4 is 4.90 Å². The van der Waals surface area contributed by atoms with Crippen LogP contribution in [-0.4, -0.2) is 23.1 Å². The number of anilines is 1. The molecule has 0 aliphatic carbocycles. The van der Waals surface area contributed by atoms with E-state index in [1.54, 1.807) is 6.33 Å². The molecule has 0 atom stereocenters. The predicted molar refractivity (Wildman–Crippen MR) is 81.5 cm³/mol. The van der Waals surface area contributed by atoms with Crippen LogP contribution in [0.5, 0.6) is 0 Å². The SMILES string of the molecule is C=CCN(CC=C)c1ncnc2ccc(CC)cc12. The molecular formula is C16H19N3. The van der Waals surface area contributed by atoms with Crippen molar-refractivity contribution in [3.05, 3.63) is 55.4 Å². The minimum atomic E-state index is 0.745. The Morgan fingerprint density at radius 2 is 1.89 bits per heavy atom. The second kappa shape index (κ2) is 6.14. The van der Waals surface area contributed by atoms with Crippen LogP contribution in [0.4, 0.5) is 5.82 Å². The van der Waals surface area contributed by atoms with E-state index in [9.17, 15) is 0 Å². The molecular weight excluding hydrogens is 234 g/mol. The van der Waals surface area contributed by atoms with Crippen LogP contribution in [0.1, 0.15) is 12.5 Å². The highest BCUT2D eigenvalue weighted by Crippen LogP contribution is 2.24. The Morgan fingerprint density at radius 3 is 2.53 bits per heavy atom. The second-order valence-corrected chi connectivity index (χ2v) is 4.38.